The van der Waals surface area contributed by atoms with Crippen LogP contribution in [0.3, 0.4) is 0 Å². The fourth-order valence-corrected chi connectivity index (χ4v) is 3.64. The lowest BCUT2D eigenvalue weighted by Gasteiger charge is -2.28. The van der Waals surface area contributed by atoms with E-state index in [2.05, 4.69) is 20.6 Å². The van der Waals surface area contributed by atoms with Crippen molar-refractivity contribution in [3.63, 3.8) is 0 Å². The molecule has 11 heteroatoms. The number of ether oxygens (including phenoxy) is 1. The number of carbonyl (C=O) groups excluding carboxylic acids is 3. The largest absolute Gasteiger partial charge is 0.444 e. The Bertz CT molecular complexity index is 1160. The van der Waals surface area contributed by atoms with E-state index in [0.717, 1.165) is 29.9 Å². The molecule has 0 aromatic carbocycles. The zero-order valence-electron chi connectivity index (χ0n) is 22.4. The minimum Gasteiger partial charge on any atom is -0.444 e. The topological polar surface area (TPSA) is 152 Å². The van der Waals surface area contributed by atoms with Crippen LogP contribution in [0.2, 0.25) is 0 Å². The van der Waals surface area contributed by atoms with E-state index in [9.17, 15) is 14.4 Å². The summed E-state index contributed by atoms with van der Waals surface area (Å²) in [6, 6.07) is 2.88. The summed E-state index contributed by atoms with van der Waals surface area (Å²) in [5.41, 5.74) is 8.17. The third-order valence-corrected chi connectivity index (χ3v) is 5.93. The van der Waals surface area contributed by atoms with Crippen LogP contribution in [0.1, 0.15) is 80.9 Å². The SMILES string of the molecule is CCc1nc(C(N)=O)c(Nc2ccnc(CCNC(=O)[C@H](C)N(C)C(=O)OC(C)(C)C)c2)nc1C1CC1. The molecule has 1 aliphatic rings. The number of aryl methyl sites for hydroxylation is 1. The van der Waals surface area contributed by atoms with Gasteiger partial charge in [0.25, 0.3) is 5.91 Å². The van der Waals surface area contributed by atoms with Crippen LogP contribution in [0.15, 0.2) is 18.3 Å². The molecule has 11 nitrogen and oxygen atoms in total. The van der Waals surface area contributed by atoms with Gasteiger partial charge in [0.2, 0.25) is 5.91 Å². The van der Waals surface area contributed by atoms with Crippen LogP contribution in [0.25, 0.3) is 0 Å². The lowest BCUT2D eigenvalue weighted by atomic mass is 10.1. The molecule has 1 saturated carbocycles. The van der Waals surface area contributed by atoms with Gasteiger partial charge in [-0.3, -0.25) is 19.5 Å². The highest BCUT2D eigenvalue weighted by Gasteiger charge is 2.30. The molecule has 0 saturated heterocycles. The van der Waals surface area contributed by atoms with Gasteiger partial charge in [-0.2, -0.15) is 0 Å². The first kappa shape index (κ1) is 27.8. The zero-order chi connectivity index (χ0) is 27.3. The minimum atomic E-state index is -0.701. The van der Waals surface area contributed by atoms with Crippen molar-refractivity contribution in [3.8, 4) is 0 Å². The molecule has 0 radical (unpaired) electrons. The van der Waals surface area contributed by atoms with E-state index in [1.54, 1.807) is 40.0 Å². The lowest BCUT2D eigenvalue weighted by molar-refractivity contribution is -0.125. The first-order valence-electron chi connectivity index (χ1n) is 12.6. The number of amides is 3. The van der Waals surface area contributed by atoms with Gasteiger partial charge in [0.15, 0.2) is 11.5 Å². The number of hydrogen-bond donors (Lipinski definition) is 3. The number of aromatic nitrogens is 3. The number of carbonyl (C=O) groups is 3. The monoisotopic (exact) mass is 511 g/mol. The minimum absolute atomic E-state index is 0.106. The molecule has 2 aromatic rings. The number of nitrogens with one attached hydrogen (secondary N) is 2. The van der Waals surface area contributed by atoms with Gasteiger partial charge in [-0.25, -0.2) is 14.8 Å². The molecule has 4 N–H and O–H groups in total. The standard InChI is InChI=1S/C26H37N7O4/c1-7-19-20(16-8-9-16)32-23(21(31-19)22(27)34)30-18-11-12-28-17(14-18)10-13-29-24(35)15(2)33(6)25(36)37-26(3,4)5/h11-12,14-16H,7-10,13H2,1-6H3,(H2,27,34)(H,29,35)(H,28,30,32)/t15-/m0/s1. The summed E-state index contributed by atoms with van der Waals surface area (Å²) in [7, 11) is 1.53. The van der Waals surface area contributed by atoms with Gasteiger partial charge < -0.3 is 21.1 Å². The zero-order valence-corrected chi connectivity index (χ0v) is 22.4. The fourth-order valence-electron chi connectivity index (χ4n) is 3.64. The van der Waals surface area contributed by atoms with Crippen LogP contribution in [0, 0.1) is 0 Å². The van der Waals surface area contributed by atoms with Crippen molar-refractivity contribution in [2.45, 2.75) is 77.9 Å². The third-order valence-electron chi connectivity index (χ3n) is 5.93. The lowest BCUT2D eigenvalue weighted by Crippen LogP contribution is -2.47. The summed E-state index contributed by atoms with van der Waals surface area (Å²) in [5.74, 6) is -0.239. The average Bonchev–Trinajstić information content (AvgIpc) is 3.67. The number of pyridine rings is 1. The highest BCUT2D eigenvalue weighted by atomic mass is 16.6. The number of primary amides is 1. The van der Waals surface area contributed by atoms with Gasteiger partial charge in [-0.05, 0) is 59.1 Å². The molecule has 1 aliphatic carbocycles. The molecular weight excluding hydrogens is 474 g/mol. The van der Waals surface area contributed by atoms with Crippen molar-refractivity contribution in [1.82, 2.24) is 25.2 Å². The van der Waals surface area contributed by atoms with E-state index in [4.69, 9.17) is 15.5 Å². The molecule has 0 unspecified atom stereocenters. The second kappa shape index (κ2) is 11.5. The fraction of sp³-hybridized carbons (Fsp3) is 0.538. The van der Waals surface area contributed by atoms with Crippen molar-refractivity contribution in [2.24, 2.45) is 5.73 Å². The number of hydrogen-bond acceptors (Lipinski definition) is 8. The van der Waals surface area contributed by atoms with E-state index in [1.165, 1.54) is 11.9 Å². The van der Waals surface area contributed by atoms with Crippen molar-refractivity contribution in [2.75, 3.05) is 18.9 Å². The molecular formula is C26H37N7O4. The summed E-state index contributed by atoms with van der Waals surface area (Å²) < 4.78 is 5.32. The van der Waals surface area contributed by atoms with Gasteiger partial charge in [-0.15, -0.1) is 0 Å². The predicted octanol–water partition coefficient (Wildman–Crippen LogP) is 3.07. The Morgan fingerprint density at radius 2 is 1.95 bits per heavy atom. The normalized spacial score (nSPS) is 14.0. The predicted molar refractivity (Wildman–Crippen MR) is 140 cm³/mol. The highest BCUT2D eigenvalue weighted by Crippen LogP contribution is 2.41. The molecule has 0 aliphatic heterocycles. The summed E-state index contributed by atoms with van der Waals surface area (Å²) in [4.78, 5) is 51.7. The van der Waals surface area contributed by atoms with E-state index >= 15 is 0 Å². The molecule has 200 valence electrons. The van der Waals surface area contributed by atoms with Crippen molar-refractivity contribution in [1.29, 1.82) is 0 Å². The number of likely N-dealkylation sites (N-methyl/N-ethyl adjacent to an activating group) is 1. The van der Waals surface area contributed by atoms with Crippen molar-refractivity contribution >= 4 is 29.4 Å². The molecule has 1 atom stereocenters. The number of anilines is 2. The Morgan fingerprint density at radius 1 is 1.24 bits per heavy atom. The quantitative estimate of drug-likeness (QED) is 0.440. The Hall–Kier alpha value is -3.76. The highest BCUT2D eigenvalue weighted by molar-refractivity contribution is 5.96. The number of rotatable bonds is 10. The van der Waals surface area contributed by atoms with Gasteiger partial charge in [0, 0.05) is 43.5 Å². The smallest absolute Gasteiger partial charge is 0.410 e. The van der Waals surface area contributed by atoms with E-state index in [0.29, 0.717) is 36.8 Å². The van der Waals surface area contributed by atoms with Crippen molar-refractivity contribution < 1.29 is 19.1 Å². The van der Waals surface area contributed by atoms with Crippen LogP contribution in [0.5, 0.6) is 0 Å². The summed E-state index contributed by atoms with van der Waals surface area (Å²) in [5, 5.41) is 6.00. The van der Waals surface area contributed by atoms with Crippen LogP contribution < -0.4 is 16.4 Å². The second-order valence-corrected chi connectivity index (χ2v) is 10.2. The first-order valence-corrected chi connectivity index (χ1v) is 12.6. The third kappa shape index (κ3) is 7.61. The molecule has 3 rings (SSSR count). The molecule has 0 bridgehead atoms. The maximum atomic E-state index is 12.5. The Kier molecular flexibility index (Phi) is 8.67. The van der Waals surface area contributed by atoms with Crippen LogP contribution in [0.4, 0.5) is 16.3 Å². The van der Waals surface area contributed by atoms with Gasteiger partial charge in [-0.1, -0.05) is 6.92 Å². The molecule has 1 fully saturated rings. The van der Waals surface area contributed by atoms with Gasteiger partial charge in [0.05, 0.1) is 11.4 Å². The molecule has 2 heterocycles. The number of nitrogens with zero attached hydrogens (tertiary/aromatic N) is 4. The van der Waals surface area contributed by atoms with Crippen LogP contribution in [-0.4, -0.2) is 63.0 Å². The van der Waals surface area contributed by atoms with E-state index < -0.39 is 23.6 Å². The maximum absolute atomic E-state index is 12.5. The Labute approximate surface area is 217 Å². The van der Waals surface area contributed by atoms with Crippen LogP contribution in [-0.2, 0) is 22.4 Å². The summed E-state index contributed by atoms with van der Waals surface area (Å²) >= 11 is 0. The average molecular weight is 512 g/mol. The summed E-state index contributed by atoms with van der Waals surface area (Å²) in [6.07, 6.45) is 4.34. The van der Waals surface area contributed by atoms with Gasteiger partial charge in [0.1, 0.15) is 11.6 Å². The van der Waals surface area contributed by atoms with E-state index in [1.807, 2.05) is 13.0 Å². The second-order valence-electron chi connectivity index (χ2n) is 10.2. The summed E-state index contributed by atoms with van der Waals surface area (Å²) in [6.45, 7) is 9.26. The molecule has 2 aromatic heterocycles. The number of nitrogens with two attached hydrogens (primary N) is 1. The van der Waals surface area contributed by atoms with Crippen LogP contribution >= 0.6 is 0 Å². The van der Waals surface area contributed by atoms with Crippen molar-refractivity contribution in [3.05, 3.63) is 41.1 Å². The Morgan fingerprint density at radius 3 is 2.54 bits per heavy atom. The maximum Gasteiger partial charge on any atom is 0.410 e. The molecule has 37 heavy (non-hydrogen) atoms. The first-order chi connectivity index (χ1) is 17.4. The van der Waals surface area contributed by atoms with Gasteiger partial charge >= 0.3 is 6.09 Å². The Balaban J connectivity index is 1.62. The molecule has 3 amide bonds. The molecule has 0 spiro atoms. The van der Waals surface area contributed by atoms with E-state index in [-0.39, 0.29) is 11.6 Å².